The lowest BCUT2D eigenvalue weighted by molar-refractivity contribution is -0.312. The zero-order valence-corrected chi connectivity index (χ0v) is 31.4. The molecular weight excluding hydrogens is 708 g/mol. The lowest BCUT2D eigenvalue weighted by Crippen LogP contribution is -2.60. The Morgan fingerprint density at radius 3 is 2.38 bits per heavy atom. The van der Waals surface area contributed by atoms with Gasteiger partial charge in [-0.3, -0.25) is 9.59 Å². The summed E-state index contributed by atoms with van der Waals surface area (Å²) in [5.74, 6) is -0.918. The molecule has 0 aromatic heterocycles. The Balaban J connectivity index is 1.40. The number of methoxy groups -OCH3 is 3. The van der Waals surface area contributed by atoms with Crippen LogP contribution < -0.4 is 0 Å². The number of alkyl halides is 2. The van der Waals surface area contributed by atoms with Crippen LogP contribution in [0.5, 0.6) is 0 Å². The molecule has 5 rings (SSSR count). The number of hydrogen-bond acceptors (Lipinski definition) is 10. The van der Waals surface area contributed by atoms with E-state index in [2.05, 4.69) is 35.0 Å². The summed E-state index contributed by atoms with van der Waals surface area (Å²) in [4.78, 5) is 40.1. The number of allylic oxidation sites excluding steroid dienone is 4. The average Bonchev–Trinajstić information content (AvgIpc) is 3.64. The van der Waals surface area contributed by atoms with E-state index in [1.807, 2.05) is 20.8 Å². The Kier molecular flexibility index (Phi) is 12.9. The molecule has 2 saturated heterocycles. The Hall–Kier alpha value is -1.34. The number of hydrogen-bond donors (Lipinski definition) is 0. The van der Waals surface area contributed by atoms with Crippen molar-refractivity contribution in [3.63, 3.8) is 0 Å². The highest BCUT2D eigenvalue weighted by Gasteiger charge is 2.54. The molecule has 10 nitrogen and oxygen atoms in total. The highest BCUT2D eigenvalue weighted by Crippen LogP contribution is 2.56. The third-order valence-electron chi connectivity index (χ3n) is 11.5. The number of halogens is 2. The Bertz CT molecular complexity index is 1240. The third-order valence-corrected chi connectivity index (χ3v) is 12.1. The summed E-state index contributed by atoms with van der Waals surface area (Å²) in [5, 5.41) is 0. The van der Waals surface area contributed by atoms with Crippen LogP contribution in [0.25, 0.3) is 0 Å². The second kappa shape index (κ2) is 16.3. The zero-order chi connectivity index (χ0) is 34.9. The summed E-state index contributed by atoms with van der Waals surface area (Å²) >= 11 is 9.07. The van der Waals surface area contributed by atoms with E-state index in [0.717, 1.165) is 44.1 Å². The van der Waals surface area contributed by atoms with Crippen molar-refractivity contribution in [2.45, 2.75) is 126 Å². The van der Waals surface area contributed by atoms with E-state index in [1.54, 1.807) is 14.2 Å². The van der Waals surface area contributed by atoms with E-state index >= 15 is 0 Å². The maximum absolute atomic E-state index is 14.2. The number of Topliss-reactive ketones (excluding diaryl/α,β-unsaturated/α-hetero) is 1. The topological polar surface area (TPSA) is 116 Å². The summed E-state index contributed by atoms with van der Waals surface area (Å²) in [6.07, 6.45) is 5.28. The van der Waals surface area contributed by atoms with Crippen LogP contribution in [0, 0.1) is 35.5 Å². The van der Waals surface area contributed by atoms with Gasteiger partial charge >= 0.3 is 11.9 Å². The Labute approximate surface area is 298 Å². The molecule has 0 aromatic rings. The average molecular weight is 760 g/mol. The van der Waals surface area contributed by atoms with E-state index in [9.17, 15) is 14.4 Å². The lowest BCUT2D eigenvalue weighted by atomic mass is 9.67. The molecule has 12 heteroatoms. The van der Waals surface area contributed by atoms with Gasteiger partial charge in [0.15, 0.2) is 22.5 Å². The second-order valence-electron chi connectivity index (χ2n) is 14.2. The molecule has 48 heavy (non-hydrogen) atoms. The minimum absolute atomic E-state index is 0.00674. The molecule has 2 heterocycles. The van der Waals surface area contributed by atoms with Crippen molar-refractivity contribution < 1.29 is 47.5 Å². The second-order valence-corrected chi connectivity index (χ2v) is 16.1. The molecule has 0 spiro atoms. The van der Waals surface area contributed by atoms with Gasteiger partial charge in [-0.15, -0.1) is 0 Å². The standard InChI is InChI=1S/C36H52BrClO10/c1-8-20-10-9-11-28(42-5)18(3)30(40)27-15-25-23(26(27)16-29(39)46-20)12-17(2)22-13-21(14-24(22)25)47-36-33(48-35(41)34(37)38)32(44-7)31(43-6)19(4)45-36/h12,15,18-26,28,31-34,36H,8-11,13-14,16H2,1-7H3/t18?,19-,20?,21?,22?,23?,24?,25?,26?,28?,31+,32-,33-,34?,36+/m1/s1. The maximum atomic E-state index is 14.2. The first-order valence-electron chi connectivity index (χ1n) is 17.4. The summed E-state index contributed by atoms with van der Waals surface area (Å²) in [7, 11) is 4.77. The molecule has 0 aromatic carbocycles. The van der Waals surface area contributed by atoms with Gasteiger partial charge in [-0.1, -0.05) is 59.1 Å². The minimum atomic E-state index is -1.04. The summed E-state index contributed by atoms with van der Waals surface area (Å²) < 4.78 is 40.9. The molecule has 0 N–H and O–H groups in total. The zero-order valence-electron chi connectivity index (χ0n) is 29.1. The molecule has 0 radical (unpaired) electrons. The molecule has 3 fully saturated rings. The van der Waals surface area contributed by atoms with E-state index in [-0.39, 0.29) is 72.0 Å². The van der Waals surface area contributed by atoms with Crippen LogP contribution in [-0.4, -0.2) is 92.4 Å². The number of carbonyl (C=O) groups is 3. The molecule has 5 aliphatic rings. The maximum Gasteiger partial charge on any atom is 0.335 e. The first kappa shape index (κ1) is 37.9. The molecule has 15 atom stereocenters. The van der Waals surface area contributed by atoms with Crippen LogP contribution in [0.15, 0.2) is 23.3 Å². The number of rotatable bonds is 8. The van der Waals surface area contributed by atoms with E-state index in [1.165, 1.54) is 12.7 Å². The Morgan fingerprint density at radius 1 is 1.00 bits per heavy atom. The summed E-state index contributed by atoms with van der Waals surface area (Å²) in [6.45, 7) is 8.02. The number of carbonyl (C=O) groups excluding carboxylic acids is 3. The summed E-state index contributed by atoms with van der Waals surface area (Å²) in [5.41, 5.74) is 1.97. The molecule has 2 aliphatic heterocycles. The fourth-order valence-electron chi connectivity index (χ4n) is 9.06. The van der Waals surface area contributed by atoms with Gasteiger partial charge in [0.05, 0.1) is 24.7 Å². The van der Waals surface area contributed by atoms with Gasteiger partial charge in [0.25, 0.3) is 0 Å². The SMILES string of the molecule is CCC1CCCC(OC)C(C)C(=O)C2=CC3C(C=C(C)C4CC(O[C@@H]5O[C@H](C)[C@H](OC)[C@@H](OC)[C@H]5OC(=O)C(Cl)Br)CC43)C2CC(=O)O1. The van der Waals surface area contributed by atoms with Crippen LogP contribution in [-0.2, 0) is 47.5 Å². The van der Waals surface area contributed by atoms with Gasteiger partial charge in [0.2, 0.25) is 0 Å². The molecule has 1 saturated carbocycles. The van der Waals surface area contributed by atoms with Crippen molar-refractivity contribution in [2.75, 3.05) is 21.3 Å². The quantitative estimate of drug-likeness (QED) is 0.168. The number of fused-ring (bicyclic) bond motifs is 5. The monoisotopic (exact) mass is 758 g/mol. The molecule has 270 valence electrons. The van der Waals surface area contributed by atoms with Crippen LogP contribution in [0.1, 0.15) is 72.6 Å². The van der Waals surface area contributed by atoms with Crippen molar-refractivity contribution in [1.29, 1.82) is 0 Å². The predicted octanol–water partition coefficient (Wildman–Crippen LogP) is 5.91. The fourth-order valence-corrected chi connectivity index (χ4v) is 9.22. The van der Waals surface area contributed by atoms with Crippen LogP contribution in [0.2, 0.25) is 0 Å². The largest absolute Gasteiger partial charge is 0.462 e. The molecule has 3 aliphatic carbocycles. The smallest absolute Gasteiger partial charge is 0.335 e. The van der Waals surface area contributed by atoms with Crippen LogP contribution in [0.4, 0.5) is 0 Å². The van der Waals surface area contributed by atoms with E-state index < -0.39 is 41.0 Å². The molecule has 10 unspecified atom stereocenters. The normalized spacial score (nSPS) is 42.6. The van der Waals surface area contributed by atoms with Crippen LogP contribution >= 0.6 is 27.5 Å². The van der Waals surface area contributed by atoms with Crippen molar-refractivity contribution >= 4 is 45.3 Å². The molecular formula is C36H52BrClO10. The van der Waals surface area contributed by atoms with Gasteiger partial charge in [-0.2, -0.15) is 0 Å². The van der Waals surface area contributed by atoms with E-state index in [0.29, 0.717) is 0 Å². The summed E-state index contributed by atoms with van der Waals surface area (Å²) in [6, 6.07) is 0. The fraction of sp³-hybridized carbons (Fsp3) is 0.806. The van der Waals surface area contributed by atoms with Crippen LogP contribution in [0.3, 0.4) is 0 Å². The predicted molar refractivity (Wildman–Crippen MR) is 181 cm³/mol. The first-order chi connectivity index (χ1) is 22.9. The first-order valence-corrected chi connectivity index (χ1v) is 18.8. The highest BCUT2D eigenvalue weighted by atomic mass is 79.9. The number of esters is 2. The van der Waals surface area contributed by atoms with Gasteiger partial charge < -0.3 is 33.2 Å². The van der Waals surface area contributed by atoms with Gasteiger partial charge in [0, 0.05) is 33.2 Å². The van der Waals surface area contributed by atoms with Gasteiger partial charge in [-0.25, -0.2) is 4.79 Å². The van der Waals surface area contributed by atoms with Crippen molar-refractivity contribution in [3.05, 3.63) is 23.3 Å². The Morgan fingerprint density at radius 2 is 1.73 bits per heavy atom. The van der Waals surface area contributed by atoms with Gasteiger partial charge in [0.1, 0.15) is 18.3 Å². The van der Waals surface area contributed by atoms with Crippen molar-refractivity contribution in [3.8, 4) is 0 Å². The third kappa shape index (κ3) is 7.77. The molecule has 0 amide bonds. The highest BCUT2D eigenvalue weighted by molar-refractivity contribution is 9.10. The number of ether oxygens (including phenoxy) is 7. The van der Waals surface area contributed by atoms with Crippen molar-refractivity contribution in [1.82, 2.24) is 0 Å². The van der Waals surface area contributed by atoms with Crippen molar-refractivity contribution in [2.24, 2.45) is 35.5 Å². The number of ketones is 1. The van der Waals surface area contributed by atoms with Gasteiger partial charge in [-0.05, 0) is 81.6 Å². The number of cyclic esters (lactones) is 1. The van der Waals surface area contributed by atoms with E-state index in [4.69, 9.17) is 44.8 Å². The lowest BCUT2D eigenvalue weighted by Gasteiger charge is -2.44. The molecule has 0 bridgehead atoms. The minimum Gasteiger partial charge on any atom is -0.462 e.